The fourth-order valence-electron chi connectivity index (χ4n) is 1.53. The van der Waals surface area contributed by atoms with Crippen LogP contribution in [0.5, 0.6) is 0 Å². The van der Waals surface area contributed by atoms with Crippen molar-refractivity contribution in [2.24, 2.45) is 0 Å². The van der Waals surface area contributed by atoms with Gasteiger partial charge in [0.2, 0.25) is 5.91 Å². The van der Waals surface area contributed by atoms with Gasteiger partial charge in [0.1, 0.15) is 12.6 Å². The molecule has 3 nitrogen and oxygen atoms in total. The molecule has 1 unspecified atom stereocenters. The van der Waals surface area contributed by atoms with Gasteiger partial charge in [-0.2, -0.15) is 13.2 Å². The number of carbonyl (C=O) groups excluding carboxylic acids is 1. The van der Waals surface area contributed by atoms with E-state index in [1.54, 1.807) is 0 Å². The van der Waals surface area contributed by atoms with Crippen LogP contribution in [0.1, 0.15) is 18.1 Å². The Hall–Kier alpha value is -1.72. The van der Waals surface area contributed by atoms with Crippen molar-refractivity contribution in [1.29, 1.82) is 0 Å². The fraction of sp³-hybridized carbons (Fsp3) is 0.462. The van der Waals surface area contributed by atoms with Crippen LogP contribution in [-0.4, -0.2) is 24.7 Å². The van der Waals surface area contributed by atoms with Crippen LogP contribution in [0.4, 0.5) is 18.9 Å². The molecule has 0 radical (unpaired) electrons. The van der Waals surface area contributed by atoms with E-state index >= 15 is 0 Å². The third-order valence-corrected chi connectivity index (χ3v) is 2.62. The minimum Gasteiger partial charge on any atom is -0.374 e. The standard InChI is InChI=1S/C13H17F3N2O/c1-8-4-5-9(2)11(6-8)18-10(3)12(19)17-7-13(14,15)16/h4-6,10,18H,7H2,1-3H3,(H,17,19). The fourth-order valence-corrected chi connectivity index (χ4v) is 1.53. The summed E-state index contributed by atoms with van der Waals surface area (Å²) in [5, 5.41) is 4.76. The van der Waals surface area contributed by atoms with Gasteiger partial charge in [-0.25, -0.2) is 0 Å². The maximum absolute atomic E-state index is 12.0. The molecule has 1 amide bonds. The normalized spacial score (nSPS) is 12.9. The summed E-state index contributed by atoms with van der Waals surface area (Å²) in [6.45, 7) is 3.97. The molecule has 1 aromatic rings. The monoisotopic (exact) mass is 274 g/mol. The molecule has 0 saturated heterocycles. The molecule has 1 atom stereocenters. The lowest BCUT2D eigenvalue weighted by Crippen LogP contribution is -2.42. The van der Waals surface area contributed by atoms with Crippen LogP contribution in [0.25, 0.3) is 0 Å². The molecule has 1 aromatic carbocycles. The van der Waals surface area contributed by atoms with Crippen LogP contribution in [0.15, 0.2) is 18.2 Å². The molecular weight excluding hydrogens is 257 g/mol. The second-order valence-corrected chi connectivity index (χ2v) is 4.52. The van der Waals surface area contributed by atoms with Gasteiger partial charge in [-0.05, 0) is 38.0 Å². The SMILES string of the molecule is Cc1ccc(C)c(NC(C)C(=O)NCC(F)(F)F)c1. The van der Waals surface area contributed by atoms with Crippen molar-refractivity contribution in [1.82, 2.24) is 5.32 Å². The smallest absolute Gasteiger partial charge is 0.374 e. The van der Waals surface area contributed by atoms with Crippen molar-refractivity contribution in [3.8, 4) is 0 Å². The number of halogens is 3. The maximum Gasteiger partial charge on any atom is 0.405 e. The number of aryl methyl sites for hydroxylation is 2. The van der Waals surface area contributed by atoms with Crippen molar-refractivity contribution < 1.29 is 18.0 Å². The zero-order valence-corrected chi connectivity index (χ0v) is 11.1. The number of amides is 1. The zero-order chi connectivity index (χ0) is 14.6. The third kappa shape index (κ3) is 5.19. The van der Waals surface area contributed by atoms with Crippen molar-refractivity contribution in [2.75, 3.05) is 11.9 Å². The topological polar surface area (TPSA) is 41.1 Å². The summed E-state index contributed by atoms with van der Waals surface area (Å²) in [6.07, 6.45) is -4.39. The van der Waals surface area contributed by atoms with Gasteiger partial charge in [0.25, 0.3) is 0 Å². The first-order chi connectivity index (χ1) is 8.69. The highest BCUT2D eigenvalue weighted by molar-refractivity contribution is 5.84. The third-order valence-electron chi connectivity index (χ3n) is 2.62. The predicted octanol–water partition coefficient (Wildman–Crippen LogP) is 2.78. The summed E-state index contributed by atoms with van der Waals surface area (Å²) in [5.74, 6) is -0.682. The Labute approximate surface area is 110 Å². The van der Waals surface area contributed by atoms with E-state index in [1.165, 1.54) is 6.92 Å². The summed E-state index contributed by atoms with van der Waals surface area (Å²) >= 11 is 0. The Morgan fingerprint density at radius 3 is 2.53 bits per heavy atom. The van der Waals surface area contributed by atoms with E-state index in [2.05, 4.69) is 5.32 Å². The highest BCUT2D eigenvalue weighted by Crippen LogP contribution is 2.17. The molecule has 6 heteroatoms. The van der Waals surface area contributed by atoms with E-state index in [9.17, 15) is 18.0 Å². The summed E-state index contributed by atoms with van der Waals surface area (Å²) in [6, 6.07) is 4.93. The molecule has 0 bridgehead atoms. The van der Waals surface area contributed by atoms with Crippen LogP contribution >= 0.6 is 0 Å². The Bertz CT molecular complexity index is 458. The molecule has 0 aromatic heterocycles. The lowest BCUT2D eigenvalue weighted by atomic mass is 10.1. The summed E-state index contributed by atoms with van der Waals surface area (Å²) in [5.41, 5.74) is 2.69. The number of hydrogen-bond donors (Lipinski definition) is 2. The summed E-state index contributed by atoms with van der Waals surface area (Å²) in [4.78, 5) is 11.5. The van der Waals surface area contributed by atoms with E-state index in [1.807, 2.05) is 37.4 Å². The van der Waals surface area contributed by atoms with E-state index in [4.69, 9.17) is 0 Å². The molecule has 19 heavy (non-hydrogen) atoms. The number of alkyl halides is 3. The lowest BCUT2D eigenvalue weighted by Gasteiger charge is -2.18. The molecule has 2 N–H and O–H groups in total. The van der Waals surface area contributed by atoms with Gasteiger partial charge in [-0.15, -0.1) is 0 Å². The number of anilines is 1. The molecule has 0 saturated carbocycles. The number of hydrogen-bond acceptors (Lipinski definition) is 2. The molecule has 106 valence electrons. The van der Waals surface area contributed by atoms with Gasteiger partial charge >= 0.3 is 6.18 Å². The maximum atomic E-state index is 12.0. The number of rotatable bonds is 4. The van der Waals surface area contributed by atoms with Gasteiger partial charge in [-0.1, -0.05) is 12.1 Å². The van der Waals surface area contributed by atoms with E-state index in [0.29, 0.717) is 0 Å². The molecule has 0 spiro atoms. The van der Waals surface area contributed by atoms with Crippen LogP contribution in [0.2, 0.25) is 0 Å². The second-order valence-electron chi connectivity index (χ2n) is 4.52. The molecule has 0 aliphatic heterocycles. The minimum atomic E-state index is -4.39. The minimum absolute atomic E-state index is 0.682. The predicted molar refractivity (Wildman–Crippen MR) is 68.1 cm³/mol. The van der Waals surface area contributed by atoms with E-state index in [0.717, 1.165) is 16.8 Å². The summed E-state index contributed by atoms with van der Waals surface area (Å²) in [7, 11) is 0. The van der Waals surface area contributed by atoms with Gasteiger partial charge in [0.05, 0.1) is 0 Å². The second kappa shape index (κ2) is 5.95. The van der Waals surface area contributed by atoms with Crippen molar-refractivity contribution in [3.05, 3.63) is 29.3 Å². The number of benzene rings is 1. The lowest BCUT2D eigenvalue weighted by molar-refractivity contribution is -0.138. The molecule has 1 rings (SSSR count). The van der Waals surface area contributed by atoms with Crippen LogP contribution < -0.4 is 10.6 Å². The quantitative estimate of drug-likeness (QED) is 0.886. The highest BCUT2D eigenvalue weighted by atomic mass is 19.4. The van der Waals surface area contributed by atoms with Gasteiger partial charge in [0.15, 0.2) is 0 Å². The Morgan fingerprint density at radius 1 is 1.32 bits per heavy atom. The Kier molecular flexibility index (Phi) is 4.80. The highest BCUT2D eigenvalue weighted by Gasteiger charge is 2.28. The Morgan fingerprint density at radius 2 is 1.95 bits per heavy atom. The Balaban J connectivity index is 2.61. The summed E-state index contributed by atoms with van der Waals surface area (Å²) < 4.78 is 36.0. The average Bonchev–Trinajstić information content (AvgIpc) is 2.29. The molecular formula is C13H17F3N2O. The van der Waals surface area contributed by atoms with Gasteiger partial charge in [-0.3, -0.25) is 4.79 Å². The number of carbonyl (C=O) groups is 1. The average molecular weight is 274 g/mol. The van der Waals surface area contributed by atoms with Crippen LogP contribution in [0.3, 0.4) is 0 Å². The van der Waals surface area contributed by atoms with Gasteiger partial charge in [0, 0.05) is 5.69 Å². The largest absolute Gasteiger partial charge is 0.405 e. The first-order valence-corrected chi connectivity index (χ1v) is 5.87. The van der Waals surface area contributed by atoms with Gasteiger partial charge < -0.3 is 10.6 Å². The van der Waals surface area contributed by atoms with E-state index in [-0.39, 0.29) is 0 Å². The van der Waals surface area contributed by atoms with Crippen LogP contribution in [0, 0.1) is 13.8 Å². The first-order valence-electron chi connectivity index (χ1n) is 5.87. The number of nitrogens with one attached hydrogen (secondary N) is 2. The van der Waals surface area contributed by atoms with Crippen molar-refractivity contribution >= 4 is 11.6 Å². The molecule has 0 heterocycles. The zero-order valence-electron chi connectivity index (χ0n) is 11.1. The van der Waals surface area contributed by atoms with Crippen LogP contribution in [-0.2, 0) is 4.79 Å². The molecule has 0 fully saturated rings. The van der Waals surface area contributed by atoms with Crippen molar-refractivity contribution in [2.45, 2.75) is 33.0 Å². The van der Waals surface area contributed by atoms with Crippen molar-refractivity contribution in [3.63, 3.8) is 0 Å². The molecule has 0 aliphatic carbocycles. The molecule has 0 aliphatic rings. The van der Waals surface area contributed by atoms with E-state index < -0.39 is 24.7 Å². The first kappa shape index (κ1) is 15.3.